The number of aromatic amines is 1. The van der Waals surface area contributed by atoms with Crippen LogP contribution in [0, 0.1) is 17.8 Å². The summed E-state index contributed by atoms with van der Waals surface area (Å²) < 4.78 is 0. The summed E-state index contributed by atoms with van der Waals surface area (Å²) in [5.74, 6) is -3.30. The van der Waals surface area contributed by atoms with Gasteiger partial charge in [0.2, 0.25) is 17.7 Å². The Hall–Kier alpha value is -3.40. The number of carbonyl (C=O) groups is 4. The Labute approximate surface area is 218 Å². The number of nitrogens with two attached hydrogens (primary N) is 1. The summed E-state index contributed by atoms with van der Waals surface area (Å²) in [4.78, 5) is 53.8. The van der Waals surface area contributed by atoms with Crippen LogP contribution in [0.5, 0.6) is 0 Å². The monoisotopic (exact) mass is 515 g/mol. The van der Waals surface area contributed by atoms with Crippen molar-refractivity contribution in [3.63, 3.8) is 0 Å². The van der Waals surface area contributed by atoms with E-state index in [4.69, 9.17) is 5.73 Å². The Bertz CT molecular complexity index is 1090. The number of carbonyl (C=O) groups excluding carboxylic acids is 3. The fourth-order valence-corrected chi connectivity index (χ4v) is 4.16. The van der Waals surface area contributed by atoms with Gasteiger partial charge in [-0.25, -0.2) is 4.79 Å². The van der Waals surface area contributed by atoms with Crippen LogP contribution in [0.1, 0.15) is 53.5 Å². The second-order valence-corrected chi connectivity index (χ2v) is 10.7. The summed E-state index contributed by atoms with van der Waals surface area (Å²) in [6.45, 7) is 10.7. The molecule has 0 radical (unpaired) electrons. The van der Waals surface area contributed by atoms with Gasteiger partial charge in [-0.05, 0) is 42.2 Å². The lowest BCUT2D eigenvalue weighted by molar-refractivity contribution is -0.144. The maximum atomic E-state index is 13.2. The van der Waals surface area contributed by atoms with Gasteiger partial charge in [0.05, 0.1) is 6.04 Å². The number of aliphatic carboxylic acids is 1. The fraction of sp³-hybridized carbons (Fsp3) is 0.556. The SMILES string of the molecule is CC(C)CC(NC(=O)C(N)Cc1c[nH]c2ccccc12)C(=O)NC(C(=O)NC(C(=O)O)C(C)C)C(C)C. The molecule has 10 heteroatoms. The number of H-pyrrole nitrogens is 1. The molecule has 0 saturated carbocycles. The molecule has 1 aromatic heterocycles. The van der Waals surface area contributed by atoms with Crippen LogP contribution in [0.25, 0.3) is 10.9 Å². The molecule has 1 heterocycles. The van der Waals surface area contributed by atoms with Crippen LogP contribution < -0.4 is 21.7 Å². The molecular weight excluding hydrogens is 474 g/mol. The van der Waals surface area contributed by atoms with Crippen molar-refractivity contribution < 1.29 is 24.3 Å². The zero-order valence-corrected chi connectivity index (χ0v) is 22.5. The molecule has 2 aromatic rings. The topological polar surface area (TPSA) is 166 Å². The van der Waals surface area contributed by atoms with Gasteiger partial charge in [-0.2, -0.15) is 0 Å². The maximum absolute atomic E-state index is 13.2. The highest BCUT2D eigenvalue weighted by Crippen LogP contribution is 2.19. The van der Waals surface area contributed by atoms with Gasteiger partial charge in [0.1, 0.15) is 18.1 Å². The number of amides is 3. The number of carboxylic acid groups (broad SMARTS) is 1. The van der Waals surface area contributed by atoms with Crippen molar-refractivity contribution in [1.29, 1.82) is 0 Å². The summed E-state index contributed by atoms with van der Waals surface area (Å²) in [5.41, 5.74) is 8.06. The van der Waals surface area contributed by atoms with E-state index in [1.165, 1.54) is 0 Å². The van der Waals surface area contributed by atoms with Crippen molar-refractivity contribution in [1.82, 2.24) is 20.9 Å². The Morgan fingerprint density at radius 1 is 0.865 bits per heavy atom. The number of fused-ring (bicyclic) bond motifs is 1. The third-order valence-corrected chi connectivity index (χ3v) is 6.27. The first-order chi connectivity index (χ1) is 17.3. The van der Waals surface area contributed by atoms with Crippen LogP contribution in [0.15, 0.2) is 30.5 Å². The molecule has 0 aliphatic carbocycles. The van der Waals surface area contributed by atoms with E-state index in [1.54, 1.807) is 27.7 Å². The Morgan fingerprint density at radius 3 is 2.03 bits per heavy atom. The van der Waals surface area contributed by atoms with Crippen molar-refractivity contribution in [2.24, 2.45) is 23.5 Å². The average molecular weight is 516 g/mol. The fourth-order valence-electron chi connectivity index (χ4n) is 4.16. The molecule has 4 unspecified atom stereocenters. The number of nitrogens with one attached hydrogen (secondary N) is 4. The van der Waals surface area contributed by atoms with E-state index >= 15 is 0 Å². The van der Waals surface area contributed by atoms with Crippen molar-refractivity contribution in [2.45, 2.75) is 78.6 Å². The summed E-state index contributed by atoms with van der Waals surface area (Å²) in [6.07, 6.45) is 2.45. The van der Waals surface area contributed by atoms with Gasteiger partial charge in [-0.15, -0.1) is 0 Å². The Balaban J connectivity index is 2.12. The lowest BCUT2D eigenvalue weighted by Crippen LogP contribution is -2.59. The van der Waals surface area contributed by atoms with Gasteiger partial charge in [0.15, 0.2) is 0 Å². The highest BCUT2D eigenvalue weighted by atomic mass is 16.4. The first-order valence-electron chi connectivity index (χ1n) is 12.8. The lowest BCUT2D eigenvalue weighted by atomic mass is 9.98. The summed E-state index contributed by atoms with van der Waals surface area (Å²) in [7, 11) is 0. The molecule has 3 amide bonds. The molecule has 204 valence electrons. The van der Waals surface area contributed by atoms with E-state index in [0.717, 1.165) is 16.5 Å². The molecule has 37 heavy (non-hydrogen) atoms. The second-order valence-electron chi connectivity index (χ2n) is 10.7. The van der Waals surface area contributed by atoms with Gasteiger partial charge in [-0.3, -0.25) is 14.4 Å². The van der Waals surface area contributed by atoms with Crippen LogP contribution >= 0.6 is 0 Å². The summed E-state index contributed by atoms with van der Waals surface area (Å²) in [5, 5.41) is 18.4. The Morgan fingerprint density at radius 2 is 1.46 bits per heavy atom. The predicted octanol–water partition coefficient (Wildman–Crippen LogP) is 1.93. The van der Waals surface area contributed by atoms with Crippen molar-refractivity contribution in [2.75, 3.05) is 0 Å². The van der Waals surface area contributed by atoms with Gasteiger partial charge in [-0.1, -0.05) is 59.7 Å². The molecule has 0 spiro atoms. The Kier molecular flexibility index (Phi) is 10.7. The number of hydrogen-bond donors (Lipinski definition) is 6. The van der Waals surface area contributed by atoms with E-state index in [-0.39, 0.29) is 24.2 Å². The van der Waals surface area contributed by atoms with Gasteiger partial charge >= 0.3 is 5.97 Å². The second kappa shape index (κ2) is 13.2. The molecular formula is C27H41N5O5. The molecule has 0 fully saturated rings. The van der Waals surface area contributed by atoms with Crippen LogP contribution in [0.3, 0.4) is 0 Å². The summed E-state index contributed by atoms with van der Waals surface area (Å²) >= 11 is 0. The highest BCUT2D eigenvalue weighted by Gasteiger charge is 2.33. The summed E-state index contributed by atoms with van der Waals surface area (Å²) in [6, 6.07) is 3.87. The van der Waals surface area contributed by atoms with Crippen molar-refractivity contribution >= 4 is 34.6 Å². The maximum Gasteiger partial charge on any atom is 0.326 e. The van der Waals surface area contributed by atoms with Gasteiger partial charge < -0.3 is 31.8 Å². The first kappa shape index (κ1) is 29.8. The number of hydrogen-bond acceptors (Lipinski definition) is 5. The molecule has 4 atom stereocenters. The molecule has 0 aliphatic rings. The minimum absolute atomic E-state index is 0.0737. The largest absolute Gasteiger partial charge is 0.480 e. The average Bonchev–Trinajstić information content (AvgIpc) is 3.21. The van der Waals surface area contributed by atoms with E-state index in [9.17, 15) is 24.3 Å². The predicted molar refractivity (Wildman–Crippen MR) is 143 cm³/mol. The third kappa shape index (κ3) is 8.31. The highest BCUT2D eigenvalue weighted by molar-refractivity contribution is 5.94. The van der Waals surface area contributed by atoms with Crippen LogP contribution in [-0.4, -0.2) is 57.9 Å². The molecule has 0 aliphatic heterocycles. The van der Waals surface area contributed by atoms with Gasteiger partial charge in [0, 0.05) is 17.1 Å². The van der Waals surface area contributed by atoms with E-state index < -0.39 is 47.9 Å². The smallest absolute Gasteiger partial charge is 0.326 e. The quantitative estimate of drug-likeness (QED) is 0.238. The first-order valence-corrected chi connectivity index (χ1v) is 12.8. The number of benzene rings is 1. The zero-order valence-electron chi connectivity index (χ0n) is 22.5. The number of carboxylic acids is 1. The van der Waals surface area contributed by atoms with Crippen LogP contribution in [0.2, 0.25) is 0 Å². The third-order valence-electron chi connectivity index (χ3n) is 6.27. The zero-order chi connectivity index (χ0) is 27.9. The normalized spacial score (nSPS) is 14.9. The van der Waals surface area contributed by atoms with Gasteiger partial charge in [0.25, 0.3) is 0 Å². The van der Waals surface area contributed by atoms with E-state index in [1.807, 2.05) is 44.3 Å². The molecule has 2 rings (SSSR count). The molecule has 10 nitrogen and oxygen atoms in total. The van der Waals surface area contributed by atoms with Crippen molar-refractivity contribution in [3.05, 3.63) is 36.0 Å². The minimum atomic E-state index is -1.15. The van der Waals surface area contributed by atoms with Crippen LogP contribution in [0.4, 0.5) is 0 Å². The number of rotatable bonds is 13. The number of aromatic nitrogens is 1. The van der Waals surface area contributed by atoms with Crippen LogP contribution in [-0.2, 0) is 25.6 Å². The minimum Gasteiger partial charge on any atom is -0.480 e. The molecule has 0 bridgehead atoms. The number of para-hydroxylation sites is 1. The van der Waals surface area contributed by atoms with E-state index in [0.29, 0.717) is 6.42 Å². The molecule has 0 saturated heterocycles. The standard InChI is InChI=1S/C27H41N5O5/c1-14(2)11-21(25(34)31-22(15(3)4)26(35)32-23(16(5)6)27(36)37)30-24(33)19(28)12-17-13-29-20-10-8-7-9-18(17)20/h7-10,13-16,19,21-23,29H,11-12,28H2,1-6H3,(H,30,33)(H,31,34)(H,32,35)(H,36,37). The van der Waals surface area contributed by atoms with Crippen molar-refractivity contribution in [3.8, 4) is 0 Å². The lowest BCUT2D eigenvalue weighted by Gasteiger charge is -2.28. The molecule has 7 N–H and O–H groups in total. The molecule has 1 aromatic carbocycles. The van der Waals surface area contributed by atoms with E-state index in [2.05, 4.69) is 20.9 Å².